The lowest BCUT2D eigenvalue weighted by Crippen LogP contribution is -2.26. The Morgan fingerprint density at radius 2 is 1.58 bits per heavy atom. The predicted octanol–water partition coefficient (Wildman–Crippen LogP) is 6.24. The van der Waals surface area contributed by atoms with Crippen molar-refractivity contribution >= 4 is 17.7 Å². The first kappa shape index (κ1) is 21.0. The Morgan fingerprint density at radius 3 is 2.19 bits per heavy atom. The molecule has 0 unspecified atom stereocenters. The summed E-state index contributed by atoms with van der Waals surface area (Å²) in [6.45, 7) is 4.75. The molecule has 0 fully saturated rings. The van der Waals surface area contributed by atoms with Gasteiger partial charge in [0.2, 0.25) is 0 Å². The first-order valence-corrected chi connectivity index (χ1v) is 10.8. The van der Waals surface area contributed by atoms with Crippen molar-refractivity contribution < 1.29 is 9.53 Å². The Balaban J connectivity index is 1.30. The number of ether oxygens (including phenoxy) is 1. The average molecular weight is 430 g/mol. The molecule has 1 aliphatic carbocycles. The van der Waals surface area contributed by atoms with Crippen LogP contribution in [-0.2, 0) is 4.74 Å². The number of halogens is 1. The molecule has 0 radical (unpaired) electrons. The van der Waals surface area contributed by atoms with Crippen molar-refractivity contribution in [1.82, 2.24) is 5.32 Å². The van der Waals surface area contributed by atoms with Gasteiger partial charge in [-0.05, 0) is 59.4 Å². The topological polar surface area (TPSA) is 38.3 Å². The van der Waals surface area contributed by atoms with E-state index in [1.165, 1.54) is 22.3 Å². The third kappa shape index (κ3) is 4.60. The van der Waals surface area contributed by atoms with E-state index in [2.05, 4.69) is 41.4 Å². The second-order valence-electron chi connectivity index (χ2n) is 7.72. The van der Waals surface area contributed by atoms with Crippen LogP contribution in [0.1, 0.15) is 40.2 Å². The number of hydrogen-bond donors (Lipinski definition) is 1. The van der Waals surface area contributed by atoms with E-state index < -0.39 is 6.09 Å². The number of alkyl carbamates (subject to hydrolysis) is 1. The summed E-state index contributed by atoms with van der Waals surface area (Å²) >= 11 is 6.06. The largest absolute Gasteiger partial charge is 0.449 e. The Hall–Kier alpha value is -3.22. The molecule has 3 aromatic rings. The maximum atomic E-state index is 12.2. The van der Waals surface area contributed by atoms with E-state index in [-0.39, 0.29) is 5.92 Å². The van der Waals surface area contributed by atoms with Crippen LogP contribution in [-0.4, -0.2) is 19.2 Å². The second-order valence-corrected chi connectivity index (χ2v) is 8.16. The molecule has 0 atom stereocenters. The molecule has 1 amide bonds. The minimum atomic E-state index is -0.414. The third-order valence-corrected chi connectivity index (χ3v) is 5.79. The Bertz CT molecular complexity index is 1120. The molecular weight excluding hydrogens is 406 g/mol. The highest BCUT2D eigenvalue weighted by molar-refractivity contribution is 6.30. The van der Waals surface area contributed by atoms with E-state index in [9.17, 15) is 4.79 Å². The molecule has 0 saturated carbocycles. The number of amides is 1. The highest BCUT2D eigenvalue weighted by atomic mass is 35.5. The number of carbonyl (C=O) groups excluding carboxylic acids is 1. The molecule has 0 aromatic heterocycles. The van der Waals surface area contributed by atoms with Gasteiger partial charge in [0.1, 0.15) is 6.61 Å². The highest BCUT2D eigenvalue weighted by Crippen LogP contribution is 2.44. The van der Waals surface area contributed by atoms with E-state index in [0.717, 1.165) is 21.7 Å². The fourth-order valence-corrected chi connectivity index (χ4v) is 4.46. The van der Waals surface area contributed by atoms with Crippen LogP contribution in [0.15, 0.2) is 60.7 Å². The molecule has 156 valence electrons. The molecule has 3 aromatic carbocycles. The van der Waals surface area contributed by atoms with Gasteiger partial charge in [0.05, 0.1) is 0 Å². The van der Waals surface area contributed by atoms with Gasteiger partial charge in [-0.3, -0.25) is 0 Å². The molecule has 31 heavy (non-hydrogen) atoms. The molecule has 0 heterocycles. The summed E-state index contributed by atoms with van der Waals surface area (Å²) in [6.07, 6.45) is 0.133. The van der Waals surface area contributed by atoms with Crippen molar-refractivity contribution in [3.63, 3.8) is 0 Å². The van der Waals surface area contributed by atoms with Crippen molar-refractivity contribution in [2.75, 3.05) is 13.2 Å². The molecule has 4 heteroatoms. The molecule has 0 aliphatic heterocycles. The van der Waals surface area contributed by atoms with Crippen molar-refractivity contribution in [2.24, 2.45) is 0 Å². The quantitative estimate of drug-likeness (QED) is 0.394. The van der Waals surface area contributed by atoms with Gasteiger partial charge in [-0.1, -0.05) is 72.0 Å². The van der Waals surface area contributed by atoms with Crippen molar-refractivity contribution in [1.29, 1.82) is 0 Å². The van der Waals surface area contributed by atoms with E-state index in [1.54, 1.807) is 0 Å². The van der Waals surface area contributed by atoms with Crippen LogP contribution >= 0.6 is 11.6 Å². The summed E-state index contributed by atoms with van der Waals surface area (Å²) in [7, 11) is 0. The summed E-state index contributed by atoms with van der Waals surface area (Å²) in [5.74, 6) is 6.36. The van der Waals surface area contributed by atoms with Gasteiger partial charge in [-0.15, -0.1) is 0 Å². The van der Waals surface area contributed by atoms with Crippen molar-refractivity contribution in [2.45, 2.75) is 26.2 Å². The van der Waals surface area contributed by atoms with Crippen LogP contribution in [0, 0.1) is 25.7 Å². The highest BCUT2D eigenvalue weighted by Gasteiger charge is 2.28. The van der Waals surface area contributed by atoms with Gasteiger partial charge >= 0.3 is 6.09 Å². The van der Waals surface area contributed by atoms with Crippen LogP contribution in [0.3, 0.4) is 0 Å². The molecule has 0 saturated heterocycles. The summed E-state index contributed by atoms with van der Waals surface area (Å²) < 4.78 is 5.54. The number of fused-ring (bicyclic) bond motifs is 3. The number of aryl methyl sites for hydroxylation is 2. The standard InChI is InChI=1S/C27H24ClNO2/c1-18-15-20(28)16-19(2)21(18)9-7-8-14-29-27(30)31-17-26-24-12-5-3-10-22(24)23-11-4-6-13-25(23)26/h3-6,10-13,15-16,26H,8,14,17H2,1-2H3,(H,29,30). The zero-order valence-electron chi connectivity index (χ0n) is 17.7. The lowest BCUT2D eigenvalue weighted by molar-refractivity contribution is 0.143. The zero-order valence-corrected chi connectivity index (χ0v) is 18.4. The van der Waals surface area contributed by atoms with Gasteiger partial charge in [-0.2, -0.15) is 0 Å². The van der Waals surface area contributed by atoms with Gasteiger partial charge < -0.3 is 10.1 Å². The summed E-state index contributed by atoms with van der Waals surface area (Å²) in [6, 6.07) is 20.4. The Morgan fingerprint density at radius 1 is 1.00 bits per heavy atom. The van der Waals surface area contributed by atoms with Crippen molar-refractivity contribution in [3.8, 4) is 23.0 Å². The summed E-state index contributed by atoms with van der Waals surface area (Å²) in [4.78, 5) is 12.2. The van der Waals surface area contributed by atoms with Gasteiger partial charge in [0.25, 0.3) is 0 Å². The van der Waals surface area contributed by atoms with Crippen LogP contribution in [0.4, 0.5) is 4.79 Å². The van der Waals surface area contributed by atoms with E-state index in [1.807, 2.05) is 50.2 Å². The van der Waals surface area contributed by atoms with Crippen LogP contribution in [0.25, 0.3) is 11.1 Å². The fourth-order valence-electron chi connectivity index (χ4n) is 4.14. The van der Waals surface area contributed by atoms with Gasteiger partial charge in [0.15, 0.2) is 0 Å². The maximum Gasteiger partial charge on any atom is 0.407 e. The number of benzene rings is 3. The van der Waals surface area contributed by atoms with Crippen LogP contribution < -0.4 is 5.32 Å². The molecule has 0 spiro atoms. The minimum Gasteiger partial charge on any atom is -0.449 e. The molecule has 0 bridgehead atoms. The number of carbonyl (C=O) groups is 1. The molecule has 1 N–H and O–H groups in total. The molecular formula is C27H24ClNO2. The normalized spacial score (nSPS) is 11.8. The molecule has 4 rings (SSSR count). The lowest BCUT2D eigenvalue weighted by atomic mass is 9.98. The molecule has 3 nitrogen and oxygen atoms in total. The summed E-state index contributed by atoms with van der Waals surface area (Å²) in [5, 5.41) is 3.51. The monoisotopic (exact) mass is 429 g/mol. The van der Waals surface area contributed by atoms with Crippen molar-refractivity contribution in [3.05, 3.63) is 93.5 Å². The fraction of sp³-hybridized carbons (Fsp3) is 0.222. The average Bonchev–Trinajstić information content (AvgIpc) is 3.07. The SMILES string of the molecule is Cc1cc(Cl)cc(C)c1C#CCCNC(=O)OCC1c2ccccc2-c2ccccc21. The maximum absolute atomic E-state index is 12.2. The third-order valence-electron chi connectivity index (χ3n) is 5.57. The molecule has 1 aliphatic rings. The van der Waals surface area contributed by atoms with Gasteiger partial charge in [0, 0.05) is 29.5 Å². The van der Waals surface area contributed by atoms with Crippen LogP contribution in [0.2, 0.25) is 5.02 Å². The zero-order chi connectivity index (χ0) is 21.8. The first-order chi connectivity index (χ1) is 15.0. The smallest absolute Gasteiger partial charge is 0.407 e. The Kier molecular flexibility index (Phi) is 6.30. The van der Waals surface area contributed by atoms with Crippen LogP contribution in [0.5, 0.6) is 0 Å². The number of nitrogens with one attached hydrogen (secondary N) is 1. The first-order valence-electron chi connectivity index (χ1n) is 10.4. The second kappa shape index (κ2) is 9.29. The van der Waals surface area contributed by atoms with Gasteiger partial charge in [-0.25, -0.2) is 4.79 Å². The van der Waals surface area contributed by atoms with E-state index in [4.69, 9.17) is 16.3 Å². The van der Waals surface area contributed by atoms with E-state index in [0.29, 0.717) is 19.6 Å². The Labute approximate surface area is 188 Å². The van der Waals surface area contributed by atoms with E-state index >= 15 is 0 Å². The summed E-state index contributed by atoms with van der Waals surface area (Å²) in [5.41, 5.74) is 7.95. The predicted molar refractivity (Wildman–Crippen MR) is 125 cm³/mol. The number of rotatable bonds is 4. The minimum absolute atomic E-state index is 0.0637. The number of hydrogen-bond acceptors (Lipinski definition) is 2. The lowest BCUT2D eigenvalue weighted by Gasteiger charge is -2.14.